The highest BCUT2D eigenvalue weighted by atomic mass is 35.5. The summed E-state index contributed by atoms with van der Waals surface area (Å²) in [6, 6.07) is 1.71. The van der Waals surface area contributed by atoms with Crippen LogP contribution in [0.2, 0.25) is 5.02 Å². The monoisotopic (exact) mass is 187 g/mol. The van der Waals surface area contributed by atoms with Crippen molar-refractivity contribution < 1.29 is 9.90 Å². The molecule has 0 aliphatic carbocycles. The average molecular weight is 188 g/mol. The number of hydrogen-bond donors (Lipinski definition) is 0. The van der Waals surface area contributed by atoms with Crippen LogP contribution in [0.4, 0.5) is 0 Å². The van der Waals surface area contributed by atoms with Crippen LogP contribution < -0.4 is 5.11 Å². The van der Waals surface area contributed by atoms with Gasteiger partial charge in [0.05, 0.1) is 11.0 Å². The average Bonchev–Trinajstić information content (AvgIpc) is 2.31. The largest absolute Gasteiger partial charge is 0.545 e. The quantitative estimate of drug-likeness (QED) is 0.652. The van der Waals surface area contributed by atoms with Crippen LogP contribution in [0.15, 0.2) is 17.5 Å². The van der Waals surface area contributed by atoms with Gasteiger partial charge in [0.15, 0.2) is 0 Å². The standard InChI is InChI=1S/C7H5ClO2S/c8-5-3-4-11-6(5)1-2-7(9)10/h1-4H,(H,9,10)/p-1/b2-1+. The molecule has 0 aliphatic rings. The third-order valence-electron chi connectivity index (χ3n) is 1.02. The van der Waals surface area contributed by atoms with Crippen LogP contribution in [0.25, 0.3) is 6.08 Å². The zero-order valence-corrected chi connectivity index (χ0v) is 6.98. The second kappa shape index (κ2) is 3.55. The van der Waals surface area contributed by atoms with Crippen LogP contribution in [0.3, 0.4) is 0 Å². The molecule has 1 aromatic heterocycles. The molecule has 0 aliphatic heterocycles. The zero-order chi connectivity index (χ0) is 8.27. The molecule has 4 heteroatoms. The van der Waals surface area contributed by atoms with E-state index >= 15 is 0 Å². The molecule has 0 unspecified atom stereocenters. The van der Waals surface area contributed by atoms with Crippen LogP contribution >= 0.6 is 22.9 Å². The number of carboxylic acid groups (broad SMARTS) is 1. The van der Waals surface area contributed by atoms with Gasteiger partial charge in [-0.15, -0.1) is 11.3 Å². The molecular formula is C7H4ClO2S-. The molecular weight excluding hydrogens is 184 g/mol. The highest BCUT2D eigenvalue weighted by molar-refractivity contribution is 7.11. The summed E-state index contributed by atoms with van der Waals surface area (Å²) >= 11 is 7.05. The molecule has 0 spiro atoms. The van der Waals surface area contributed by atoms with E-state index in [1.165, 1.54) is 17.4 Å². The van der Waals surface area contributed by atoms with E-state index in [4.69, 9.17) is 11.6 Å². The van der Waals surface area contributed by atoms with Crippen LogP contribution in [0.5, 0.6) is 0 Å². The lowest BCUT2D eigenvalue weighted by atomic mass is 10.4. The van der Waals surface area contributed by atoms with Gasteiger partial charge in [-0.2, -0.15) is 0 Å². The van der Waals surface area contributed by atoms with Crippen molar-refractivity contribution in [3.63, 3.8) is 0 Å². The Morgan fingerprint density at radius 3 is 2.91 bits per heavy atom. The fourth-order valence-corrected chi connectivity index (χ4v) is 1.58. The first-order chi connectivity index (χ1) is 5.20. The molecule has 0 saturated carbocycles. The van der Waals surface area contributed by atoms with Gasteiger partial charge in [-0.1, -0.05) is 11.6 Å². The van der Waals surface area contributed by atoms with E-state index < -0.39 is 5.97 Å². The summed E-state index contributed by atoms with van der Waals surface area (Å²) in [6.45, 7) is 0. The number of carboxylic acids is 1. The lowest BCUT2D eigenvalue weighted by Gasteiger charge is -1.89. The number of hydrogen-bond acceptors (Lipinski definition) is 3. The van der Waals surface area contributed by atoms with Gasteiger partial charge >= 0.3 is 0 Å². The highest BCUT2D eigenvalue weighted by Gasteiger charge is 1.94. The molecule has 1 heterocycles. The SMILES string of the molecule is O=C([O-])/C=C/c1sccc1Cl. The maximum atomic E-state index is 9.97. The maximum Gasteiger partial charge on any atom is 0.0643 e. The Balaban J connectivity index is 2.79. The minimum atomic E-state index is -1.21. The molecule has 0 N–H and O–H groups in total. The summed E-state index contributed by atoms with van der Waals surface area (Å²) in [5, 5.41) is 12.3. The molecule has 0 bridgehead atoms. The van der Waals surface area contributed by atoms with Crippen LogP contribution in [-0.2, 0) is 4.79 Å². The van der Waals surface area contributed by atoms with Gasteiger partial charge in [0.1, 0.15) is 0 Å². The molecule has 0 amide bonds. The summed E-state index contributed by atoms with van der Waals surface area (Å²) < 4.78 is 0. The molecule has 0 radical (unpaired) electrons. The number of rotatable bonds is 2. The van der Waals surface area contributed by atoms with E-state index in [9.17, 15) is 9.90 Å². The zero-order valence-electron chi connectivity index (χ0n) is 5.41. The molecule has 11 heavy (non-hydrogen) atoms. The maximum absolute atomic E-state index is 9.97. The second-order valence-corrected chi connectivity index (χ2v) is 3.14. The van der Waals surface area contributed by atoms with Crippen LogP contribution in [-0.4, -0.2) is 5.97 Å². The minimum absolute atomic E-state index is 0.563. The molecule has 1 aromatic rings. The predicted octanol–water partition coefficient (Wildman–Crippen LogP) is 1.16. The van der Waals surface area contributed by atoms with Crippen molar-refractivity contribution in [1.82, 2.24) is 0 Å². The van der Waals surface area contributed by atoms with Gasteiger partial charge in [-0.3, -0.25) is 0 Å². The molecule has 0 fully saturated rings. The third kappa shape index (κ3) is 2.37. The van der Waals surface area contributed by atoms with Crippen molar-refractivity contribution in [2.45, 2.75) is 0 Å². The molecule has 0 atom stereocenters. The fraction of sp³-hybridized carbons (Fsp3) is 0. The van der Waals surface area contributed by atoms with Gasteiger partial charge in [0, 0.05) is 4.88 Å². The normalized spacial score (nSPS) is 10.6. The fourth-order valence-electron chi connectivity index (χ4n) is 0.568. The number of thiophene rings is 1. The lowest BCUT2D eigenvalue weighted by molar-refractivity contribution is -0.297. The minimum Gasteiger partial charge on any atom is -0.545 e. The van der Waals surface area contributed by atoms with Gasteiger partial charge < -0.3 is 9.90 Å². The van der Waals surface area contributed by atoms with E-state index in [2.05, 4.69) is 0 Å². The van der Waals surface area contributed by atoms with Crippen LogP contribution in [0.1, 0.15) is 4.88 Å². The topological polar surface area (TPSA) is 40.1 Å². The number of halogens is 1. The molecule has 2 nitrogen and oxygen atoms in total. The van der Waals surface area contributed by atoms with E-state index in [1.807, 2.05) is 0 Å². The Kier molecular flexibility index (Phi) is 2.68. The van der Waals surface area contributed by atoms with Gasteiger partial charge in [-0.25, -0.2) is 0 Å². The summed E-state index contributed by atoms with van der Waals surface area (Å²) in [6.07, 6.45) is 2.38. The number of carbonyl (C=O) groups is 1. The van der Waals surface area contributed by atoms with Gasteiger partial charge in [-0.05, 0) is 23.6 Å². The highest BCUT2D eigenvalue weighted by Crippen LogP contribution is 2.22. The van der Waals surface area contributed by atoms with Crippen molar-refractivity contribution >= 4 is 35.0 Å². The summed E-state index contributed by atoms with van der Waals surface area (Å²) in [4.78, 5) is 10.7. The van der Waals surface area contributed by atoms with Crippen molar-refractivity contribution in [1.29, 1.82) is 0 Å². The third-order valence-corrected chi connectivity index (χ3v) is 2.34. The Bertz CT molecular complexity index is 290. The van der Waals surface area contributed by atoms with E-state index in [-0.39, 0.29) is 0 Å². The van der Waals surface area contributed by atoms with Crippen molar-refractivity contribution in [3.05, 3.63) is 27.4 Å². The molecule has 1 rings (SSSR count). The first kappa shape index (κ1) is 8.30. The van der Waals surface area contributed by atoms with Crippen molar-refractivity contribution in [3.8, 4) is 0 Å². The van der Waals surface area contributed by atoms with Crippen LogP contribution in [0, 0.1) is 0 Å². The second-order valence-electron chi connectivity index (χ2n) is 1.79. The Labute approximate surface area is 72.7 Å². The summed E-state index contributed by atoms with van der Waals surface area (Å²) in [5.41, 5.74) is 0. The number of aliphatic carboxylic acids is 1. The summed E-state index contributed by atoms with van der Waals surface area (Å²) in [5.74, 6) is -1.21. The van der Waals surface area contributed by atoms with E-state index in [1.54, 1.807) is 11.4 Å². The Hall–Kier alpha value is -0.800. The molecule has 0 aromatic carbocycles. The van der Waals surface area contributed by atoms with Crippen molar-refractivity contribution in [2.24, 2.45) is 0 Å². The first-order valence-corrected chi connectivity index (χ1v) is 4.08. The molecule has 0 saturated heterocycles. The Morgan fingerprint density at radius 1 is 1.73 bits per heavy atom. The molecule has 58 valence electrons. The first-order valence-electron chi connectivity index (χ1n) is 2.82. The Morgan fingerprint density at radius 2 is 2.45 bits per heavy atom. The number of carbonyl (C=O) groups excluding carboxylic acids is 1. The van der Waals surface area contributed by atoms with Crippen molar-refractivity contribution in [2.75, 3.05) is 0 Å². The lowest BCUT2D eigenvalue weighted by Crippen LogP contribution is -2.18. The van der Waals surface area contributed by atoms with Gasteiger partial charge in [0.2, 0.25) is 0 Å². The predicted molar refractivity (Wildman–Crippen MR) is 43.4 cm³/mol. The van der Waals surface area contributed by atoms with E-state index in [0.717, 1.165) is 11.0 Å². The van der Waals surface area contributed by atoms with Gasteiger partial charge in [0.25, 0.3) is 0 Å². The smallest absolute Gasteiger partial charge is 0.0643 e. The van der Waals surface area contributed by atoms with E-state index in [0.29, 0.717) is 5.02 Å². The summed E-state index contributed by atoms with van der Waals surface area (Å²) in [7, 11) is 0.